The lowest BCUT2D eigenvalue weighted by atomic mass is 10.1. The zero-order valence-corrected chi connectivity index (χ0v) is 10.5. The topological polar surface area (TPSA) is 40.5 Å². The quantitative estimate of drug-likeness (QED) is 0.910. The molecule has 0 saturated carbocycles. The van der Waals surface area contributed by atoms with Crippen LogP contribution in [0, 0.1) is 5.82 Å². The lowest BCUT2D eigenvalue weighted by molar-refractivity contribution is 0.0697. The van der Waals surface area contributed by atoms with Crippen molar-refractivity contribution in [1.29, 1.82) is 0 Å². The molecule has 19 heavy (non-hydrogen) atoms. The first-order chi connectivity index (χ1) is 9.13. The number of carbonyl (C=O) groups is 1. The second-order valence-electron chi connectivity index (χ2n) is 4.05. The molecule has 0 aromatic heterocycles. The van der Waals surface area contributed by atoms with Gasteiger partial charge in [-0.3, -0.25) is 0 Å². The molecule has 0 bridgehead atoms. The molecule has 0 aliphatic carbocycles. The molecule has 0 fully saturated rings. The number of aromatic carboxylic acids is 1. The van der Waals surface area contributed by atoms with E-state index in [0.717, 1.165) is 5.69 Å². The Morgan fingerprint density at radius 1 is 1.16 bits per heavy atom. The zero-order valence-electron chi connectivity index (χ0n) is 10.5. The highest BCUT2D eigenvalue weighted by Gasteiger charge is 2.12. The van der Waals surface area contributed by atoms with Crippen LogP contribution in [0.1, 0.15) is 17.3 Å². The second kappa shape index (κ2) is 5.52. The number of carboxylic acid groups (broad SMARTS) is 1. The first kappa shape index (κ1) is 13.1. The number of benzene rings is 2. The molecule has 0 aliphatic rings. The molecule has 0 spiro atoms. The monoisotopic (exact) mass is 259 g/mol. The Morgan fingerprint density at radius 2 is 1.79 bits per heavy atom. The highest BCUT2D eigenvalue weighted by atomic mass is 19.1. The average Bonchev–Trinajstić information content (AvgIpc) is 2.42. The molecule has 0 radical (unpaired) electrons. The first-order valence-electron chi connectivity index (χ1n) is 5.99. The van der Waals surface area contributed by atoms with E-state index >= 15 is 0 Å². The summed E-state index contributed by atoms with van der Waals surface area (Å²) in [6.07, 6.45) is 0. The van der Waals surface area contributed by atoms with Crippen LogP contribution in [0.15, 0.2) is 48.5 Å². The number of carboxylic acids is 1. The molecule has 0 amide bonds. The number of para-hydroxylation sites is 1. The summed E-state index contributed by atoms with van der Waals surface area (Å²) in [5.74, 6) is -1.27. The molecular weight excluding hydrogens is 245 g/mol. The highest BCUT2D eigenvalue weighted by Crippen LogP contribution is 2.27. The SMILES string of the molecule is CCN(c1ccc(C(=O)O)cc1)c1ccccc1F. The van der Waals surface area contributed by atoms with Crippen LogP contribution in [-0.4, -0.2) is 17.6 Å². The van der Waals surface area contributed by atoms with Crippen molar-refractivity contribution in [3.05, 3.63) is 59.9 Å². The summed E-state index contributed by atoms with van der Waals surface area (Å²) in [5, 5.41) is 8.86. The van der Waals surface area contributed by atoms with Gasteiger partial charge in [-0.15, -0.1) is 0 Å². The smallest absolute Gasteiger partial charge is 0.335 e. The van der Waals surface area contributed by atoms with E-state index in [9.17, 15) is 9.18 Å². The number of nitrogens with zero attached hydrogens (tertiary/aromatic N) is 1. The van der Waals surface area contributed by atoms with Crippen LogP contribution in [0.4, 0.5) is 15.8 Å². The predicted octanol–water partition coefficient (Wildman–Crippen LogP) is 3.68. The number of rotatable bonds is 4. The summed E-state index contributed by atoms with van der Waals surface area (Å²) in [7, 11) is 0. The minimum Gasteiger partial charge on any atom is -0.478 e. The molecule has 2 rings (SSSR count). The maximum Gasteiger partial charge on any atom is 0.335 e. The Kier molecular flexibility index (Phi) is 3.80. The standard InChI is InChI=1S/C15H14FNO2/c1-2-17(14-6-4-3-5-13(14)16)12-9-7-11(8-10-12)15(18)19/h3-10H,2H2,1H3,(H,18,19). The fraction of sp³-hybridized carbons (Fsp3) is 0.133. The number of hydrogen-bond donors (Lipinski definition) is 1. The van der Waals surface area contributed by atoms with Gasteiger partial charge in [0.05, 0.1) is 11.3 Å². The van der Waals surface area contributed by atoms with Gasteiger partial charge >= 0.3 is 5.97 Å². The van der Waals surface area contributed by atoms with Crippen molar-refractivity contribution in [2.45, 2.75) is 6.92 Å². The molecule has 0 atom stereocenters. The van der Waals surface area contributed by atoms with E-state index < -0.39 is 5.97 Å². The normalized spacial score (nSPS) is 10.2. The van der Waals surface area contributed by atoms with Gasteiger partial charge in [0.25, 0.3) is 0 Å². The Hall–Kier alpha value is -2.36. The molecule has 98 valence electrons. The van der Waals surface area contributed by atoms with Gasteiger partial charge in [-0.05, 0) is 43.3 Å². The molecule has 0 heterocycles. The molecule has 0 saturated heterocycles. The fourth-order valence-electron chi connectivity index (χ4n) is 1.95. The third-order valence-corrected chi connectivity index (χ3v) is 2.89. The van der Waals surface area contributed by atoms with Gasteiger partial charge < -0.3 is 10.0 Å². The van der Waals surface area contributed by atoms with Crippen LogP contribution in [-0.2, 0) is 0 Å². The molecule has 0 aliphatic heterocycles. The van der Waals surface area contributed by atoms with E-state index in [1.165, 1.54) is 18.2 Å². The largest absolute Gasteiger partial charge is 0.478 e. The Labute approximate surface area is 110 Å². The minimum atomic E-state index is -0.972. The van der Waals surface area contributed by atoms with Crippen molar-refractivity contribution in [3.8, 4) is 0 Å². The number of halogens is 1. The molecule has 0 unspecified atom stereocenters. The highest BCUT2D eigenvalue weighted by molar-refractivity contribution is 5.88. The van der Waals surface area contributed by atoms with E-state index in [1.54, 1.807) is 35.2 Å². The Bertz CT molecular complexity index is 581. The van der Waals surface area contributed by atoms with Crippen LogP contribution < -0.4 is 4.90 Å². The Morgan fingerprint density at radius 3 is 2.32 bits per heavy atom. The first-order valence-corrected chi connectivity index (χ1v) is 5.99. The molecule has 3 nitrogen and oxygen atoms in total. The number of hydrogen-bond acceptors (Lipinski definition) is 2. The molecule has 4 heteroatoms. The summed E-state index contributed by atoms with van der Waals surface area (Å²) < 4.78 is 13.8. The predicted molar refractivity (Wildman–Crippen MR) is 72.5 cm³/mol. The van der Waals surface area contributed by atoms with Gasteiger partial charge in [0.2, 0.25) is 0 Å². The summed E-state index contributed by atoms with van der Waals surface area (Å²) in [5.41, 5.74) is 1.46. The average molecular weight is 259 g/mol. The zero-order chi connectivity index (χ0) is 13.8. The molecule has 1 N–H and O–H groups in total. The summed E-state index contributed by atoms with van der Waals surface area (Å²) in [6, 6.07) is 12.9. The van der Waals surface area contributed by atoms with Crippen LogP contribution >= 0.6 is 0 Å². The van der Waals surface area contributed by atoms with Crippen LogP contribution in [0.2, 0.25) is 0 Å². The van der Waals surface area contributed by atoms with Crippen molar-refractivity contribution in [2.75, 3.05) is 11.4 Å². The molecule has 2 aromatic rings. The summed E-state index contributed by atoms with van der Waals surface area (Å²) in [4.78, 5) is 12.6. The number of anilines is 2. The van der Waals surface area contributed by atoms with Crippen molar-refractivity contribution in [2.24, 2.45) is 0 Å². The van der Waals surface area contributed by atoms with Gasteiger partial charge in [0, 0.05) is 12.2 Å². The van der Waals surface area contributed by atoms with Crippen LogP contribution in [0.25, 0.3) is 0 Å². The van der Waals surface area contributed by atoms with Crippen molar-refractivity contribution in [1.82, 2.24) is 0 Å². The van der Waals surface area contributed by atoms with E-state index in [2.05, 4.69) is 0 Å². The fourth-order valence-corrected chi connectivity index (χ4v) is 1.95. The summed E-state index contributed by atoms with van der Waals surface area (Å²) >= 11 is 0. The Balaban J connectivity index is 2.37. The van der Waals surface area contributed by atoms with Gasteiger partial charge in [-0.25, -0.2) is 9.18 Å². The van der Waals surface area contributed by atoms with Gasteiger partial charge in [-0.1, -0.05) is 12.1 Å². The van der Waals surface area contributed by atoms with Gasteiger partial charge in [0.1, 0.15) is 5.82 Å². The van der Waals surface area contributed by atoms with Gasteiger partial charge in [0.15, 0.2) is 0 Å². The second-order valence-corrected chi connectivity index (χ2v) is 4.05. The van der Waals surface area contributed by atoms with Crippen molar-refractivity contribution in [3.63, 3.8) is 0 Å². The lowest BCUT2D eigenvalue weighted by Crippen LogP contribution is -2.17. The van der Waals surface area contributed by atoms with Crippen molar-refractivity contribution < 1.29 is 14.3 Å². The molecule has 2 aromatic carbocycles. The third kappa shape index (κ3) is 2.73. The van der Waals surface area contributed by atoms with Crippen molar-refractivity contribution >= 4 is 17.3 Å². The lowest BCUT2D eigenvalue weighted by Gasteiger charge is -2.23. The van der Waals surface area contributed by atoms with E-state index in [4.69, 9.17) is 5.11 Å². The van der Waals surface area contributed by atoms with E-state index in [-0.39, 0.29) is 11.4 Å². The van der Waals surface area contributed by atoms with E-state index in [1.807, 2.05) is 6.92 Å². The maximum atomic E-state index is 13.8. The van der Waals surface area contributed by atoms with E-state index in [0.29, 0.717) is 12.2 Å². The van der Waals surface area contributed by atoms with Crippen LogP contribution in [0.5, 0.6) is 0 Å². The van der Waals surface area contributed by atoms with Crippen LogP contribution in [0.3, 0.4) is 0 Å². The summed E-state index contributed by atoms with van der Waals surface area (Å²) in [6.45, 7) is 2.50. The maximum absolute atomic E-state index is 13.8. The third-order valence-electron chi connectivity index (χ3n) is 2.89. The minimum absolute atomic E-state index is 0.216. The van der Waals surface area contributed by atoms with Gasteiger partial charge in [-0.2, -0.15) is 0 Å². The molecular formula is C15H14FNO2.